The standard InChI is InChI=1S/C26H26N2OS2/c1-26(2,3)17-14-12-16(13-15-17)23(29)28-25-22(18-8-4-6-10-20(18)30-25)24-27-19-9-5-7-11-21(19)31-24/h5,7,9,11-15H,4,6,8,10H2,1-3H3,(H,28,29). The number of hydrogen-bond donors (Lipinski definition) is 1. The van der Waals surface area contributed by atoms with Crippen molar-refractivity contribution in [2.75, 3.05) is 5.32 Å². The number of nitrogens with one attached hydrogen (secondary N) is 1. The van der Waals surface area contributed by atoms with E-state index in [0.717, 1.165) is 33.9 Å². The molecule has 0 saturated carbocycles. The summed E-state index contributed by atoms with van der Waals surface area (Å²) < 4.78 is 1.18. The van der Waals surface area contributed by atoms with Crippen LogP contribution >= 0.6 is 22.7 Å². The molecule has 1 aliphatic rings. The summed E-state index contributed by atoms with van der Waals surface area (Å²) in [6.07, 6.45) is 4.57. The highest BCUT2D eigenvalue weighted by molar-refractivity contribution is 7.23. The molecule has 2 aromatic heterocycles. The largest absolute Gasteiger partial charge is 0.313 e. The summed E-state index contributed by atoms with van der Waals surface area (Å²) in [5.74, 6) is -0.0542. The quantitative estimate of drug-likeness (QED) is 0.355. The van der Waals surface area contributed by atoms with E-state index in [9.17, 15) is 4.79 Å². The molecule has 1 N–H and O–H groups in total. The molecule has 1 amide bonds. The van der Waals surface area contributed by atoms with E-state index in [2.05, 4.69) is 56.4 Å². The number of thiazole rings is 1. The number of benzene rings is 2. The van der Waals surface area contributed by atoms with Gasteiger partial charge in [0.2, 0.25) is 0 Å². The Morgan fingerprint density at radius 1 is 0.968 bits per heavy atom. The molecule has 5 rings (SSSR count). The van der Waals surface area contributed by atoms with E-state index in [0.29, 0.717) is 5.56 Å². The summed E-state index contributed by atoms with van der Waals surface area (Å²) in [5, 5.41) is 5.18. The van der Waals surface area contributed by atoms with Crippen molar-refractivity contribution in [1.29, 1.82) is 0 Å². The highest BCUT2D eigenvalue weighted by Gasteiger charge is 2.25. The lowest BCUT2D eigenvalue weighted by atomic mass is 9.87. The molecule has 1 aliphatic carbocycles. The average Bonchev–Trinajstić information content (AvgIpc) is 3.33. The molecule has 0 bridgehead atoms. The van der Waals surface area contributed by atoms with Gasteiger partial charge in [-0.05, 0) is 66.5 Å². The minimum absolute atomic E-state index is 0.0542. The van der Waals surface area contributed by atoms with Crippen LogP contribution in [0.1, 0.15) is 60.0 Å². The van der Waals surface area contributed by atoms with E-state index < -0.39 is 0 Å². The van der Waals surface area contributed by atoms with Gasteiger partial charge in [-0.1, -0.05) is 45.0 Å². The molecular formula is C26H26N2OS2. The maximum atomic E-state index is 13.1. The zero-order valence-corrected chi connectivity index (χ0v) is 19.8. The summed E-state index contributed by atoms with van der Waals surface area (Å²) in [6, 6.07) is 16.2. The normalized spacial score (nSPS) is 13.9. The second kappa shape index (κ2) is 7.88. The molecule has 0 fully saturated rings. The van der Waals surface area contributed by atoms with Gasteiger partial charge >= 0.3 is 0 Å². The number of hydrogen-bond acceptors (Lipinski definition) is 4. The van der Waals surface area contributed by atoms with Gasteiger partial charge in [0, 0.05) is 16.0 Å². The molecule has 2 heterocycles. The first kappa shape index (κ1) is 20.4. The maximum Gasteiger partial charge on any atom is 0.256 e. The van der Waals surface area contributed by atoms with Crippen LogP contribution < -0.4 is 5.32 Å². The van der Waals surface area contributed by atoms with E-state index in [1.807, 2.05) is 18.2 Å². The van der Waals surface area contributed by atoms with Gasteiger partial charge in [0.15, 0.2) is 0 Å². The van der Waals surface area contributed by atoms with Gasteiger partial charge in [-0.15, -0.1) is 22.7 Å². The molecule has 0 atom stereocenters. The summed E-state index contributed by atoms with van der Waals surface area (Å²) in [7, 11) is 0. The minimum Gasteiger partial charge on any atom is -0.313 e. The van der Waals surface area contributed by atoms with Crippen molar-refractivity contribution in [2.24, 2.45) is 0 Å². The number of amides is 1. The molecule has 0 radical (unpaired) electrons. The van der Waals surface area contributed by atoms with Crippen LogP contribution in [-0.2, 0) is 18.3 Å². The second-order valence-corrected chi connectivity index (χ2v) is 11.3. The number of aryl methyl sites for hydroxylation is 1. The van der Waals surface area contributed by atoms with Gasteiger partial charge in [-0.2, -0.15) is 0 Å². The lowest BCUT2D eigenvalue weighted by Crippen LogP contribution is -2.14. The fraction of sp³-hybridized carbons (Fsp3) is 0.308. The van der Waals surface area contributed by atoms with Crippen LogP contribution in [0.4, 0.5) is 5.00 Å². The predicted octanol–water partition coefficient (Wildman–Crippen LogP) is 7.45. The van der Waals surface area contributed by atoms with Crippen LogP contribution in [0.3, 0.4) is 0 Å². The number of nitrogens with zero attached hydrogens (tertiary/aromatic N) is 1. The Labute approximate surface area is 191 Å². The Kier molecular flexibility index (Phi) is 5.19. The van der Waals surface area contributed by atoms with Gasteiger partial charge < -0.3 is 5.32 Å². The SMILES string of the molecule is CC(C)(C)c1ccc(C(=O)Nc2sc3c(c2-c2nc4ccccc4s2)CCCC3)cc1. The Bertz CT molecular complexity index is 1230. The highest BCUT2D eigenvalue weighted by atomic mass is 32.1. The number of para-hydroxylation sites is 1. The van der Waals surface area contributed by atoms with Crippen LogP contribution in [0.5, 0.6) is 0 Å². The summed E-state index contributed by atoms with van der Waals surface area (Å²) in [4.78, 5) is 19.4. The van der Waals surface area contributed by atoms with Crippen molar-refractivity contribution in [3.8, 4) is 10.6 Å². The molecule has 5 heteroatoms. The van der Waals surface area contributed by atoms with Crippen molar-refractivity contribution < 1.29 is 4.79 Å². The van der Waals surface area contributed by atoms with Crippen molar-refractivity contribution in [3.05, 3.63) is 70.1 Å². The zero-order chi connectivity index (χ0) is 21.6. The maximum absolute atomic E-state index is 13.1. The molecule has 2 aromatic carbocycles. The van der Waals surface area contributed by atoms with Crippen molar-refractivity contribution >= 4 is 43.8 Å². The van der Waals surface area contributed by atoms with E-state index in [1.54, 1.807) is 22.7 Å². The van der Waals surface area contributed by atoms with Crippen LogP contribution in [0.25, 0.3) is 20.8 Å². The fourth-order valence-electron chi connectivity index (χ4n) is 4.16. The van der Waals surface area contributed by atoms with Crippen LogP contribution in [0.15, 0.2) is 48.5 Å². The molecular weight excluding hydrogens is 420 g/mol. The first-order valence-corrected chi connectivity index (χ1v) is 12.5. The van der Waals surface area contributed by atoms with E-state index in [4.69, 9.17) is 4.98 Å². The van der Waals surface area contributed by atoms with Gasteiger partial charge in [-0.25, -0.2) is 4.98 Å². The summed E-state index contributed by atoms with van der Waals surface area (Å²) in [6.45, 7) is 6.55. The first-order valence-electron chi connectivity index (χ1n) is 10.8. The van der Waals surface area contributed by atoms with E-state index in [1.165, 1.54) is 33.5 Å². The van der Waals surface area contributed by atoms with Crippen LogP contribution in [0, 0.1) is 0 Å². The Balaban J connectivity index is 1.52. The summed E-state index contributed by atoms with van der Waals surface area (Å²) >= 11 is 3.45. The average molecular weight is 447 g/mol. The van der Waals surface area contributed by atoms with Crippen molar-refractivity contribution in [2.45, 2.75) is 51.9 Å². The van der Waals surface area contributed by atoms with Crippen molar-refractivity contribution in [1.82, 2.24) is 4.98 Å². The number of anilines is 1. The fourth-order valence-corrected chi connectivity index (χ4v) is 6.55. The third-order valence-electron chi connectivity index (χ3n) is 5.92. The molecule has 0 saturated heterocycles. The Morgan fingerprint density at radius 2 is 1.71 bits per heavy atom. The number of fused-ring (bicyclic) bond motifs is 2. The minimum atomic E-state index is -0.0542. The van der Waals surface area contributed by atoms with Crippen LogP contribution in [0.2, 0.25) is 0 Å². The van der Waals surface area contributed by atoms with Crippen molar-refractivity contribution in [3.63, 3.8) is 0 Å². The lowest BCUT2D eigenvalue weighted by molar-refractivity contribution is 0.102. The first-order chi connectivity index (χ1) is 14.9. The second-order valence-electron chi connectivity index (χ2n) is 9.18. The number of rotatable bonds is 3. The van der Waals surface area contributed by atoms with Gasteiger partial charge in [0.05, 0.1) is 10.2 Å². The van der Waals surface area contributed by atoms with E-state index >= 15 is 0 Å². The molecule has 0 aliphatic heterocycles. The highest BCUT2D eigenvalue weighted by Crippen LogP contribution is 2.46. The molecule has 0 spiro atoms. The van der Waals surface area contributed by atoms with Gasteiger partial charge in [0.25, 0.3) is 5.91 Å². The zero-order valence-electron chi connectivity index (χ0n) is 18.1. The monoisotopic (exact) mass is 446 g/mol. The molecule has 31 heavy (non-hydrogen) atoms. The third kappa shape index (κ3) is 3.92. The number of thiophene rings is 1. The van der Waals surface area contributed by atoms with Crippen LogP contribution in [-0.4, -0.2) is 10.9 Å². The molecule has 4 aromatic rings. The van der Waals surface area contributed by atoms with Gasteiger partial charge in [-0.3, -0.25) is 4.79 Å². The number of carbonyl (C=O) groups is 1. The predicted molar refractivity (Wildman–Crippen MR) is 133 cm³/mol. The molecule has 3 nitrogen and oxygen atoms in total. The third-order valence-corrected chi connectivity index (χ3v) is 8.18. The van der Waals surface area contributed by atoms with Gasteiger partial charge in [0.1, 0.15) is 10.0 Å². The number of carbonyl (C=O) groups excluding carboxylic acids is 1. The summed E-state index contributed by atoms with van der Waals surface area (Å²) in [5.41, 5.74) is 5.53. The molecule has 158 valence electrons. The smallest absolute Gasteiger partial charge is 0.256 e. The van der Waals surface area contributed by atoms with E-state index in [-0.39, 0.29) is 11.3 Å². The Hall–Kier alpha value is -2.50. The molecule has 0 unspecified atom stereocenters. The topological polar surface area (TPSA) is 42.0 Å². The lowest BCUT2D eigenvalue weighted by Gasteiger charge is -2.19. The Morgan fingerprint density at radius 3 is 2.45 bits per heavy atom. The number of aromatic nitrogens is 1.